The number of aryl methyl sites for hydroxylation is 1. The molecule has 2 aliphatic rings. The van der Waals surface area contributed by atoms with Crippen LogP contribution in [0.3, 0.4) is 0 Å². The first kappa shape index (κ1) is 26.0. The number of hydrogen-bond acceptors (Lipinski definition) is 5. The summed E-state index contributed by atoms with van der Waals surface area (Å²) < 4.78 is 11.1. The van der Waals surface area contributed by atoms with Crippen LogP contribution in [0.15, 0.2) is 53.1 Å². The van der Waals surface area contributed by atoms with Crippen molar-refractivity contribution in [3.63, 3.8) is 0 Å². The van der Waals surface area contributed by atoms with Gasteiger partial charge in [0, 0.05) is 36.8 Å². The Hall–Kier alpha value is -3.61. The first-order valence-corrected chi connectivity index (χ1v) is 13.9. The lowest BCUT2D eigenvalue weighted by atomic mass is 10.0. The zero-order valence-electron chi connectivity index (χ0n) is 22.4. The van der Waals surface area contributed by atoms with Gasteiger partial charge in [0.2, 0.25) is 5.91 Å². The molecule has 2 amide bonds. The quantitative estimate of drug-likeness (QED) is 0.402. The number of para-hydroxylation sites is 2. The molecule has 38 heavy (non-hydrogen) atoms. The molecule has 0 radical (unpaired) electrons. The highest BCUT2D eigenvalue weighted by molar-refractivity contribution is 6.01. The summed E-state index contributed by atoms with van der Waals surface area (Å²) in [6.45, 7) is 3.55. The average molecular weight is 516 g/mol. The molecule has 0 saturated heterocycles. The third-order valence-corrected chi connectivity index (χ3v) is 7.62. The van der Waals surface area contributed by atoms with Crippen LogP contribution in [-0.2, 0) is 11.3 Å². The van der Waals surface area contributed by atoms with Crippen LogP contribution in [0.2, 0.25) is 0 Å². The van der Waals surface area contributed by atoms with Gasteiger partial charge < -0.3 is 19.1 Å². The van der Waals surface area contributed by atoms with Crippen molar-refractivity contribution in [2.45, 2.75) is 64.8 Å². The summed E-state index contributed by atoms with van der Waals surface area (Å²) in [5.41, 5.74) is 3.59. The van der Waals surface area contributed by atoms with E-state index in [0.29, 0.717) is 35.9 Å². The lowest BCUT2D eigenvalue weighted by molar-refractivity contribution is -0.119. The summed E-state index contributed by atoms with van der Waals surface area (Å²) in [6.07, 6.45) is 8.32. The predicted molar refractivity (Wildman–Crippen MR) is 147 cm³/mol. The number of hydrogen-bond donors (Lipinski definition) is 0. The van der Waals surface area contributed by atoms with Crippen molar-refractivity contribution in [2.75, 3.05) is 25.1 Å². The largest absolute Gasteiger partial charge is 0.496 e. The van der Waals surface area contributed by atoms with Gasteiger partial charge in [-0.1, -0.05) is 61.2 Å². The molecular formula is C31H37N3O4. The van der Waals surface area contributed by atoms with Gasteiger partial charge in [-0.25, -0.2) is 0 Å². The molecule has 3 aromatic rings. The van der Waals surface area contributed by atoms with Crippen LogP contribution in [-0.4, -0.2) is 42.1 Å². The van der Waals surface area contributed by atoms with Crippen LogP contribution < -0.4 is 9.64 Å². The number of rotatable bonds is 4. The number of amides is 2. The van der Waals surface area contributed by atoms with Gasteiger partial charge in [-0.05, 0) is 56.4 Å². The van der Waals surface area contributed by atoms with Crippen molar-refractivity contribution in [1.82, 2.24) is 10.1 Å². The fraction of sp³-hybridized carbons (Fsp3) is 0.452. The zero-order valence-corrected chi connectivity index (χ0v) is 22.4. The lowest BCUT2D eigenvalue weighted by Crippen LogP contribution is -2.36. The van der Waals surface area contributed by atoms with Gasteiger partial charge >= 0.3 is 0 Å². The fourth-order valence-corrected chi connectivity index (χ4v) is 5.35. The van der Waals surface area contributed by atoms with Crippen LogP contribution in [0.4, 0.5) is 5.69 Å². The van der Waals surface area contributed by atoms with E-state index in [-0.39, 0.29) is 17.7 Å². The molecule has 0 bridgehead atoms. The Morgan fingerprint density at radius 2 is 1.61 bits per heavy atom. The number of nitrogens with zero attached hydrogens (tertiary/aromatic N) is 3. The van der Waals surface area contributed by atoms with Gasteiger partial charge in [0.25, 0.3) is 5.91 Å². The third-order valence-electron chi connectivity index (χ3n) is 7.62. The number of benzene rings is 2. The van der Waals surface area contributed by atoms with Gasteiger partial charge in [-0.15, -0.1) is 0 Å². The Balaban J connectivity index is 1.51. The first-order valence-electron chi connectivity index (χ1n) is 13.9. The Morgan fingerprint density at radius 1 is 0.921 bits per heavy atom. The standard InChI is InChI=1S/C31H37N3O4/c1-22-28(29(32-38-22)25-14-8-10-16-27(25)37-2)31(36)33-19-11-5-3-4-6-12-20-34(30(35)23-17-18-23)26-15-9-7-13-24(26)21-33/h7-10,13-16,23H,3-6,11-12,17-21H2,1-2H3. The maximum atomic E-state index is 14.2. The molecule has 0 N–H and O–H groups in total. The van der Waals surface area contributed by atoms with Crippen LogP contribution >= 0.6 is 0 Å². The molecule has 1 saturated carbocycles. The summed E-state index contributed by atoms with van der Waals surface area (Å²) in [5, 5.41) is 4.28. The van der Waals surface area contributed by atoms with Crippen molar-refractivity contribution in [3.05, 3.63) is 65.4 Å². The SMILES string of the molecule is COc1ccccc1-c1noc(C)c1C(=O)N1CCCCCCCCN(C(=O)C2CC2)c2ccccc2C1. The van der Waals surface area contributed by atoms with Crippen LogP contribution in [0.5, 0.6) is 5.75 Å². The third kappa shape index (κ3) is 5.62. The molecule has 1 aliphatic carbocycles. The summed E-state index contributed by atoms with van der Waals surface area (Å²) in [5.74, 6) is 1.37. The van der Waals surface area contributed by atoms with E-state index in [1.54, 1.807) is 14.0 Å². The molecule has 7 heteroatoms. The number of carbonyl (C=O) groups excluding carboxylic acids is 2. The number of methoxy groups -OCH3 is 1. The van der Waals surface area contributed by atoms with Gasteiger partial charge in [0.05, 0.1) is 7.11 Å². The lowest BCUT2D eigenvalue weighted by Gasteiger charge is -2.28. The van der Waals surface area contributed by atoms with Gasteiger partial charge in [-0.2, -0.15) is 0 Å². The number of ether oxygens (including phenoxy) is 1. The van der Waals surface area contributed by atoms with Gasteiger partial charge in [0.15, 0.2) is 0 Å². The first-order chi connectivity index (χ1) is 18.6. The molecule has 200 valence electrons. The van der Waals surface area contributed by atoms with E-state index < -0.39 is 0 Å². The molecule has 5 rings (SSSR count). The molecule has 2 aromatic carbocycles. The molecule has 2 heterocycles. The molecule has 1 aromatic heterocycles. The number of carbonyl (C=O) groups is 2. The van der Waals surface area contributed by atoms with Crippen molar-refractivity contribution >= 4 is 17.5 Å². The van der Waals surface area contributed by atoms with E-state index in [1.807, 2.05) is 58.3 Å². The number of anilines is 1. The normalized spacial score (nSPS) is 17.1. The summed E-state index contributed by atoms with van der Waals surface area (Å²) in [6, 6.07) is 15.6. The smallest absolute Gasteiger partial charge is 0.260 e. The molecule has 0 atom stereocenters. The average Bonchev–Trinajstić information content (AvgIpc) is 3.72. The Morgan fingerprint density at radius 3 is 2.37 bits per heavy atom. The van der Waals surface area contributed by atoms with Crippen LogP contribution in [0, 0.1) is 12.8 Å². The maximum Gasteiger partial charge on any atom is 0.260 e. The number of fused-ring (bicyclic) bond motifs is 1. The Kier molecular flexibility index (Phi) is 8.11. The minimum absolute atomic E-state index is 0.116. The van der Waals surface area contributed by atoms with Crippen molar-refractivity contribution < 1.29 is 18.8 Å². The molecule has 1 aliphatic heterocycles. The van der Waals surface area contributed by atoms with Crippen molar-refractivity contribution in [2.24, 2.45) is 5.92 Å². The van der Waals surface area contributed by atoms with Gasteiger partial charge in [0.1, 0.15) is 22.8 Å². The minimum atomic E-state index is -0.116. The van der Waals surface area contributed by atoms with E-state index in [1.165, 1.54) is 0 Å². The van der Waals surface area contributed by atoms with Crippen LogP contribution in [0.1, 0.15) is 73.0 Å². The monoisotopic (exact) mass is 515 g/mol. The topological polar surface area (TPSA) is 75.9 Å². The predicted octanol–water partition coefficient (Wildman–Crippen LogP) is 6.40. The van der Waals surface area contributed by atoms with Crippen molar-refractivity contribution in [1.29, 1.82) is 0 Å². The van der Waals surface area contributed by atoms with Crippen molar-refractivity contribution in [3.8, 4) is 17.0 Å². The minimum Gasteiger partial charge on any atom is -0.496 e. The molecule has 1 fully saturated rings. The highest BCUT2D eigenvalue weighted by atomic mass is 16.5. The summed E-state index contributed by atoms with van der Waals surface area (Å²) in [4.78, 5) is 31.4. The van der Waals surface area contributed by atoms with E-state index >= 15 is 0 Å². The van der Waals surface area contributed by atoms with E-state index in [0.717, 1.165) is 74.7 Å². The van der Waals surface area contributed by atoms with E-state index in [9.17, 15) is 9.59 Å². The highest BCUT2D eigenvalue weighted by Crippen LogP contribution is 2.36. The van der Waals surface area contributed by atoms with E-state index in [4.69, 9.17) is 9.26 Å². The number of aromatic nitrogens is 1. The fourth-order valence-electron chi connectivity index (χ4n) is 5.35. The Labute approximate surface area is 224 Å². The molecular weight excluding hydrogens is 478 g/mol. The second-order valence-electron chi connectivity index (χ2n) is 10.4. The molecule has 7 nitrogen and oxygen atoms in total. The summed E-state index contributed by atoms with van der Waals surface area (Å²) >= 11 is 0. The summed E-state index contributed by atoms with van der Waals surface area (Å²) in [7, 11) is 1.61. The highest BCUT2D eigenvalue weighted by Gasteiger charge is 2.35. The Bertz CT molecular complexity index is 1280. The zero-order chi connectivity index (χ0) is 26.5. The molecule has 0 spiro atoms. The second-order valence-corrected chi connectivity index (χ2v) is 10.4. The maximum absolute atomic E-state index is 14.2. The van der Waals surface area contributed by atoms with E-state index in [2.05, 4.69) is 5.16 Å². The molecule has 0 unspecified atom stereocenters. The van der Waals surface area contributed by atoms with Crippen LogP contribution in [0.25, 0.3) is 11.3 Å². The van der Waals surface area contributed by atoms with Gasteiger partial charge in [-0.3, -0.25) is 9.59 Å². The second kappa shape index (κ2) is 11.8.